The third-order valence-corrected chi connectivity index (χ3v) is 1.63. The fourth-order valence-corrected chi connectivity index (χ4v) is 1.05. The van der Waals surface area contributed by atoms with E-state index in [1.165, 1.54) is 0 Å². The van der Waals surface area contributed by atoms with Gasteiger partial charge in [0.25, 0.3) is 0 Å². The van der Waals surface area contributed by atoms with Gasteiger partial charge in [-0.25, -0.2) is 9.97 Å². The molecule has 4 heteroatoms. The third-order valence-electron chi connectivity index (χ3n) is 1.63. The lowest BCUT2D eigenvalue weighted by Gasteiger charge is -1.91. The molecule has 0 aromatic carbocycles. The van der Waals surface area contributed by atoms with Crippen LogP contribution in [-0.2, 0) is 7.05 Å². The summed E-state index contributed by atoms with van der Waals surface area (Å²) in [4.78, 5) is 8.22. The molecule has 0 amide bonds. The van der Waals surface area contributed by atoms with E-state index < -0.39 is 0 Å². The summed E-state index contributed by atoms with van der Waals surface area (Å²) in [5.41, 5.74) is 1.84. The monoisotopic (exact) mass is 273 g/mol. The zero-order valence-electron chi connectivity index (χ0n) is 6.61. The van der Waals surface area contributed by atoms with Crippen LogP contribution in [0, 0.1) is 0 Å². The van der Waals surface area contributed by atoms with Crippen LogP contribution in [0.5, 0.6) is 0 Å². The van der Waals surface area contributed by atoms with Crippen LogP contribution >= 0.6 is 0 Å². The molecule has 0 saturated heterocycles. The standard InChI is InChI=1S/C8H8N3.HI/c1-11-6-5-10-8-7(11)3-2-4-9-8;/h2-6H,1H3;1H/q+1;/p-1. The van der Waals surface area contributed by atoms with Crippen molar-refractivity contribution < 1.29 is 28.5 Å². The number of pyridine rings is 1. The average Bonchev–Trinajstić information content (AvgIpc) is 2.06. The van der Waals surface area contributed by atoms with Crippen LogP contribution in [0.25, 0.3) is 11.2 Å². The molecule has 3 nitrogen and oxygen atoms in total. The molecule has 2 aromatic rings. The molecule has 0 aliphatic carbocycles. The molecular weight excluding hydrogens is 265 g/mol. The SMILES string of the molecule is C[n+]1ccnc2ncccc21.[I-]. The lowest BCUT2D eigenvalue weighted by atomic mass is 10.4. The highest BCUT2D eigenvalue weighted by atomic mass is 127. The van der Waals surface area contributed by atoms with E-state index in [2.05, 4.69) is 9.97 Å². The molecule has 0 atom stereocenters. The molecule has 62 valence electrons. The molecule has 0 spiro atoms. The van der Waals surface area contributed by atoms with Gasteiger partial charge >= 0.3 is 0 Å². The minimum Gasteiger partial charge on any atom is -1.00 e. The maximum atomic E-state index is 4.11. The second-order valence-corrected chi connectivity index (χ2v) is 2.38. The van der Waals surface area contributed by atoms with Crippen molar-refractivity contribution in [2.24, 2.45) is 7.05 Å². The first-order valence-electron chi connectivity index (χ1n) is 3.43. The van der Waals surface area contributed by atoms with Crippen molar-refractivity contribution in [2.45, 2.75) is 0 Å². The van der Waals surface area contributed by atoms with Crippen LogP contribution in [0.3, 0.4) is 0 Å². The molecule has 2 heterocycles. The molecule has 0 aliphatic heterocycles. The Kier molecular flexibility index (Phi) is 2.91. The van der Waals surface area contributed by atoms with Crippen LogP contribution in [0.15, 0.2) is 30.7 Å². The van der Waals surface area contributed by atoms with Gasteiger partial charge in [0, 0.05) is 12.3 Å². The maximum absolute atomic E-state index is 4.11. The molecule has 0 aliphatic rings. The van der Waals surface area contributed by atoms with Crippen LogP contribution in [0.1, 0.15) is 0 Å². The van der Waals surface area contributed by atoms with E-state index in [4.69, 9.17) is 0 Å². The van der Waals surface area contributed by atoms with E-state index in [1.807, 2.05) is 29.9 Å². The van der Waals surface area contributed by atoms with Gasteiger partial charge in [-0.1, -0.05) is 0 Å². The summed E-state index contributed by atoms with van der Waals surface area (Å²) in [7, 11) is 1.98. The first-order valence-corrected chi connectivity index (χ1v) is 3.43. The average molecular weight is 273 g/mol. The molecule has 0 fully saturated rings. The summed E-state index contributed by atoms with van der Waals surface area (Å²) >= 11 is 0. The van der Waals surface area contributed by atoms with Gasteiger partial charge in [-0.05, 0) is 6.07 Å². The summed E-state index contributed by atoms with van der Waals surface area (Å²) < 4.78 is 2.00. The highest BCUT2D eigenvalue weighted by Crippen LogP contribution is 1.98. The van der Waals surface area contributed by atoms with Crippen molar-refractivity contribution in [3.8, 4) is 0 Å². The zero-order chi connectivity index (χ0) is 7.68. The quantitative estimate of drug-likeness (QED) is 0.391. The Hall–Kier alpha value is -0.780. The fourth-order valence-electron chi connectivity index (χ4n) is 1.05. The highest BCUT2D eigenvalue weighted by molar-refractivity contribution is 5.64. The molecule has 0 unspecified atom stereocenters. The minimum absolute atomic E-state index is 0. The van der Waals surface area contributed by atoms with Gasteiger partial charge in [0.2, 0.25) is 11.2 Å². The largest absolute Gasteiger partial charge is 1.00 e. The van der Waals surface area contributed by atoms with Gasteiger partial charge < -0.3 is 24.0 Å². The Morgan fingerprint density at radius 2 is 2.00 bits per heavy atom. The van der Waals surface area contributed by atoms with Crippen molar-refractivity contribution >= 4 is 11.2 Å². The number of rotatable bonds is 0. The van der Waals surface area contributed by atoms with E-state index >= 15 is 0 Å². The Balaban J connectivity index is 0.000000720. The molecule has 0 bridgehead atoms. The van der Waals surface area contributed by atoms with Crippen LogP contribution in [0.4, 0.5) is 0 Å². The second-order valence-electron chi connectivity index (χ2n) is 2.38. The summed E-state index contributed by atoms with van der Waals surface area (Å²) in [5.74, 6) is 0. The molecule has 2 rings (SSSR count). The van der Waals surface area contributed by atoms with Gasteiger partial charge in [-0.3, -0.25) is 0 Å². The molecule has 0 saturated carbocycles. The summed E-state index contributed by atoms with van der Waals surface area (Å²) in [6.45, 7) is 0. The number of halogens is 1. The number of aryl methyl sites for hydroxylation is 1. The van der Waals surface area contributed by atoms with Gasteiger partial charge in [0.1, 0.15) is 7.05 Å². The molecule has 2 aromatic heterocycles. The number of hydrogen-bond donors (Lipinski definition) is 0. The summed E-state index contributed by atoms with van der Waals surface area (Å²) in [6.07, 6.45) is 5.40. The first kappa shape index (κ1) is 9.31. The topological polar surface area (TPSA) is 29.7 Å². The second kappa shape index (κ2) is 3.75. The smallest absolute Gasteiger partial charge is 0.250 e. The van der Waals surface area contributed by atoms with E-state index in [-0.39, 0.29) is 24.0 Å². The Bertz CT molecular complexity index is 383. The lowest BCUT2D eigenvalue weighted by molar-refractivity contribution is -0.645. The minimum atomic E-state index is 0. The summed E-state index contributed by atoms with van der Waals surface area (Å²) in [5, 5.41) is 0. The fraction of sp³-hybridized carbons (Fsp3) is 0.125. The van der Waals surface area contributed by atoms with E-state index in [0.717, 1.165) is 11.2 Å². The Morgan fingerprint density at radius 1 is 1.25 bits per heavy atom. The van der Waals surface area contributed by atoms with E-state index in [9.17, 15) is 0 Å². The number of aromatic nitrogens is 3. The molecular formula is C8H8IN3. The number of hydrogen-bond acceptors (Lipinski definition) is 2. The molecule has 0 N–H and O–H groups in total. The van der Waals surface area contributed by atoms with Gasteiger partial charge in [0.15, 0.2) is 6.20 Å². The summed E-state index contributed by atoms with van der Waals surface area (Å²) in [6, 6.07) is 3.90. The van der Waals surface area contributed by atoms with E-state index in [0.29, 0.717) is 0 Å². The highest BCUT2D eigenvalue weighted by Gasteiger charge is 2.02. The first-order chi connectivity index (χ1) is 5.38. The zero-order valence-corrected chi connectivity index (χ0v) is 8.76. The molecule has 0 radical (unpaired) electrons. The predicted molar refractivity (Wildman–Crippen MR) is 40.7 cm³/mol. The number of fused-ring (bicyclic) bond motifs is 1. The Morgan fingerprint density at radius 3 is 2.75 bits per heavy atom. The van der Waals surface area contributed by atoms with Gasteiger partial charge in [0.05, 0.1) is 6.20 Å². The normalized spacial score (nSPS) is 9.42. The third kappa shape index (κ3) is 1.52. The maximum Gasteiger partial charge on any atom is 0.250 e. The van der Waals surface area contributed by atoms with Gasteiger partial charge in [-0.15, -0.1) is 0 Å². The van der Waals surface area contributed by atoms with Crippen molar-refractivity contribution in [3.05, 3.63) is 30.7 Å². The van der Waals surface area contributed by atoms with Gasteiger partial charge in [-0.2, -0.15) is 4.57 Å². The van der Waals surface area contributed by atoms with E-state index in [1.54, 1.807) is 12.4 Å². The Labute approximate surface area is 87.5 Å². The van der Waals surface area contributed by atoms with Crippen molar-refractivity contribution in [1.82, 2.24) is 9.97 Å². The van der Waals surface area contributed by atoms with Crippen molar-refractivity contribution in [2.75, 3.05) is 0 Å². The predicted octanol–water partition coefficient (Wildman–Crippen LogP) is -2.54. The van der Waals surface area contributed by atoms with Crippen molar-refractivity contribution in [3.63, 3.8) is 0 Å². The van der Waals surface area contributed by atoms with Crippen LogP contribution in [0.2, 0.25) is 0 Å². The van der Waals surface area contributed by atoms with Crippen molar-refractivity contribution in [1.29, 1.82) is 0 Å². The van der Waals surface area contributed by atoms with Crippen LogP contribution in [-0.4, -0.2) is 9.97 Å². The van der Waals surface area contributed by atoms with Crippen LogP contribution < -0.4 is 28.5 Å². The molecule has 12 heavy (non-hydrogen) atoms. The number of nitrogens with zero attached hydrogens (tertiary/aromatic N) is 3. The lowest BCUT2D eigenvalue weighted by Crippen LogP contribution is -3.00.